The molecule has 24 heavy (non-hydrogen) atoms. The lowest BCUT2D eigenvalue weighted by Crippen LogP contribution is -2.17. The van der Waals surface area contributed by atoms with Gasteiger partial charge >= 0.3 is 0 Å². The Hall–Kier alpha value is -2.54. The molecule has 1 aromatic heterocycles. The molecule has 0 radical (unpaired) electrons. The summed E-state index contributed by atoms with van der Waals surface area (Å²) in [7, 11) is 0. The number of nitrogens with one attached hydrogen (secondary N) is 1. The van der Waals surface area contributed by atoms with Gasteiger partial charge in [-0.25, -0.2) is 13.8 Å². The number of amides is 1. The molecule has 3 rings (SSSR count). The van der Waals surface area contributed by atoms with Crippen LogP contribution in [0, 0.1) is 0 Å². The van der Waals surface area contributed by atoms with Gasteiger partial charge in [-0.1, -0.05) is 12.1 Å². The molecule has 5 nitrogen and oxygen atoms in total. The summed E-state index contributed by atoms with van der Waals surface area (Å²) in [5.41, 5.74) is 0.496. The van der Waals surface area contributed by atoms with E-state index >= 15 is 0 Å². The van der Waals surface area contributed by atoms with Gasteiger partial charge in [-0.15, -0.1) is 0 Å². The number of carbonyl (C=O) groups excluding carboxylic acids is 1. The zero-order valence-electron chi connectivity index (χ0n) is 12.7. The Bertz CT molecular complexity index is 718. The van der Waals surface area contributed by atoms with Crippen molar-refractivity contribution in [2.24, 2.45) is 0 Å². The zero-order chi connectivity index (χ0) is 16.9. The highest BCUT2D eigenvalue weighted by atomic mass is 19.3. The number of nitrogens with zero attached hydrogens (tertiary/aromatic N) is 1. The fourth-order valence-electron chi connectivity index (χ4n) is 2.35. The smallest absolute Gasteiger partial charge is 0.263 e. The molecule has 1 aliphatic rings. The summed E-state index contributed by atoms with van der Waals surface area (Å²) < 4.78 is 36.3. The second-order valence-corrected chi connectivity index (χ2v) is 5.37. The summed E-state index contributed by atoms with van der Waals surface area (Å²) in [5.74, 6) is -0.0872. The lowest BCUT2D eigenvalue weighted by atomic mass is 10.2. The van der Waals surface area contributed by atoms with E-state index in [9.17, 15) is 13.6 Å². The largest absolute Gasteiger partial charge is 0.472 e. The van der Waals surface area contributed by atoms with Gasteiger partial charge in [-0.05, 0) is 18.2 Å². The minimum atomic E-state index is -2.59. The molecular weight excluding hydrogens is 318 g/mol. The van der Waals surface area contributed by atoms with Crippen molar-refractivity contribution in [1.29, 1.82) is 0 Å². The number of rotatable bonds is 5. The summed E-state index contributed by atoms with van der Waals surface area (Å²) in [6.45, 7) is 1.14. The van der Waals surface area contributed by atoms with Gasteiger partial charge in [0.05, 0.1) is 13.2 Å². The zero-order valence-corrected chi connectivity index (χ0v) is 12.7. The Morgan fingerprint density at radius 3 is 2.96 bits per heavy atom. The Morgan fingerprint density at radius 1 is 1.33 bits per heavy atom. The minimum absolute atomic E-state index is 0.0708. The average Bonchev–Trinajstić information content (AvgIpc) is 3.08. The van der Waals surface area contributed by atoms with Crippen LogP contribution in [0.1, 0.15) is 28.8 Å². The summed E-state index contributed by atoms with van der Waals surface area (Å²) in [4.78, 5) is 16.4. The number of hydrogen-bond acceptors (Lipinski definition) is 4. The molecular formula is C17H16F2N2O3. The van der Waals surface area contributed by atoms with E-state index in [2.05, 4.69) is 10.3 Å². The van der Waals surface area contributed by atoms with Crippen molar-refractivity contribution in [1.82, 2.24) is 4.98 Å². The van der Waals surface area contributed by atoms with Crippen LogP contribution in [0.15, 0.2) is 42.6 Å². The number of halogens is 2. The molecule has 1 fully saturated rings. The van der Waals surface area contributed by atoms with Crippen LogP contribution in [0.2, 0.25) is 0 Å². The third kappa shape index (κ3) is 4.05. The van der Waals surface area contributed by atoms with E-state index in [4.69, 9.17) is 9.47 Å². The van der Waals surface area contributed by atoms with E-state index in [0.717, 1.165) is 6.42 Å². The molecule has 0 spiro atoms. The highest BCUT2D eigenvalue weighted by Gasteiger charge is 2.18. The molecule has 1 N–H and O–H groups in total. The maximum absolute atomic E-state index is 12.7. The van der Waals surface area contributed by atoms with E-state index in [1.165, 1.54) is 36.5 Å². The maximum atomic E-state index is 12.7. The SMILES string of the molecule is O=C(Nc1cccc(C(F)F)c1)c1ccnc(O[C@H]2CCOC2)c1. The van der Waals surface area contributed by atoms with Gasteiger partial charge in [0.25, 0.3) is 12.3 Å². The molecule has 2 aromatic rings. The molecule has 1 aliphatic heterocycles. The van der Waals surface area contributed by atoms with Crippen molar-refractivity contribution >= 4 is 11.6 Å². The van der Waals surface area contributed by atoms with Crippen molar-refractivity contribution in [2.75, 3.05) is 18.5 Å². The van der Waals surface area contributed by atoms with Crippen LogP contribution in [0.4, 0.5) is 14.5 Å². The molecule has 0 bridgehead atoms. The quantitative estimate of drug-likeness (QED) is 0.910. The van der Waals surface area contributed by atoms with E-state index < -0.39 is 12.3 Å². The lowest BCUT2D eigenvalue weighted by Gasteiger charge is -2.12. The highest BCUT2D eigenvalue weighted by Crippen LogP contribution is 2.22. The van der Waals surface area contributed by atoms with Gasteiger partial charge in [0, 0.05) is 35.5 Å². The number of carbonyl (C=O) groups is 1. The Labute approximate surface area is 137 Å². The van der Waals surface area contributed by atoms with Gasteiger partial charge in [-0.3, -0.25) is 4.79 Å². The molecule has 1 amide bonds. The van der Waals surface area contributed by atoms with Crippen LogP contribution >= 0.6 is 0 Å². The molecule has 1 aromatic carbocycles. The summed E-state index contributed by atoms with van der Waals surface area (Å²) in [6, 6.07) is 8.63. The Kier molecular flexibility index (Phi) is 5.00. The van der Waals surface area contributed by atoms with Crippen molar-refractivity contribution in [3.63, 3.8) is 0 Å². The Morgan fingerprint density at radius 2 is 2.21 bits per heavy atom. The number of aromatic nitrogens is 1. The second-order valence-electron chi connectivity index (χ2n) is 5.37. The lowest BCUT2D eigenvalue weighted by molar-refractivity contribution is 0.102. The highest BCUT2D eigenvalue weighted by molar-refractivity contribution is 6.04. The predicted molar refractivity (Wildman–Crippen MR) is 83.4 cm³/mol. The number of anilines is 1. The minimum Gasteiger partial charge on any atom is -0.472 e. The van der Waals surface area contributed by atoms with Crippen molar-refractivity contribution in [3.8, 4) is 5.88 Å². The topological polar surface area (TPSA) is 60.5 Å². The first-order valence-corrected chi connectivity index (χ1v) is 7.52. The van der Waals surface area contributed by atoms with Crippen LogP contribution in [0.5, 0.6) is 5.88 Å². The number of benzene rings is 1. The van der Waals surface area contributed by atoms with Crippen LogP contribution < -0.4 is 10.1 Å². The monoisotopic (exact) mass is 334 g/mol. The normalized spacial score (nSPS) is 17.0. The number of pyridine rings is 1. The van der Waals surface area contributed by atoms with Gasteiger partial charge in [0.1, 0.15) is 6.10 Å². The van der Waals surface area contributed by atoms with Crippen LogP contribution in [0.3, 0.4) is 0 Å². The van der Waals surface area contributed by atoms with Crippen molar-refractivity contribution in [2.45, 2.75) is 19.0 Å². The molecule has 1 atom stereocenters. The molecule has 0 saturated carbocycles. The van der Waals surface area contributed by atoms with Crippen LogP contribution in [-0.4, -0.2) is 30.2 Å². The standard InChI is InChI=1S/C17H16F2N2O3/c18-16(19)11-2-1-3-13(8-11)21-17(22)12-4-6-20-15(9-12)24-14-5-7-23-10-14/h1-4,6,8-9,14,16H,5,7,10H2,(H,21,22)/t14-/m0/s1. The van der Waals surface area contributed by atoms with Gasteiger partial charge < -0.3 is 14.8 Å². The first kappa shape index (κ1) is 16.3. The fraction of sp³-hybridized carbons (Fsp3) is 0.294. The number of hydrogen-bond donors (Lipinski definition) is 1. The molecule has 126 valence electrons. The van der Waals surface area contributed by atoms with Gasteiger partial charge in [0.15, 0.2) is 0 Å². The van der Waals surface area contributed by atoms with E-state index in [0.29, 0.717) is 30.3 Å². The third-order valence-corrected chi connectivity index (χ3v) is 3.57. The maximum Gasteiger partial charge on any atom is 0.263 e. The molecule has 7 heteroatoms. The molecule has 1 saturated heterocycles. The Balaban J connectivity index is 1.69. The van der Waals surface area contributed by atoms with Crippen molar-refractivity contribution in [3.05, 3.63) is 53.7 Å². The summed E-state index contributed by atoms with van der Waals surface area (Å²) in [5, 5.41) is 2.59. The predicted octanol–water partition coefficient (Wildman–Crippen LogP) is 3.44. The van der Waals surface area contributed by atoms with Crippen LogP contribution in [-0.2, 0) is 4.74 Å². The van der Waals surface area contributed by atoms with Gasteiger partial charge in [-0.2, -0.15) is 0 Å². The van der Waals surface area contributed by atoms with Gasteiger partial charge in [0.2, 0.25) is 5.88 Å². The summed E-state index contributed by atoms with van der Waals surface area (Å²) >= 11 is 0. The van der Waals surface area contributed by atoms with Crippen LogP contribution in [0.25, 0.3) is 0 Å². The summed E-state index contributed by atoms with van der Waals surface area (Å²) in [6.07, 6.45) is -0.413. The molecule has 0 unspecified atom stereocenters. The average molecular weight is 334 g/mol. The van der Waals surface area contributed by atoms with E-state index in [-0.39, 0.29) is 11.7 Å². The second kappa shape index (κ2) is 7.35. The third-order valence-electron chi connectivity index (χ3n) is 3.57. The van der Waals surface area contributed by atoms with E-state index in [1.54, 1.807) is 6.07 Å². The molecule has 2 heterocycles. The first-order valence-electron chi connectivity index (χ1n) is 7.52. The number of ether oxygens (including phenoxy) is 2. The molecule has 0 aliphatic carbocycles. The van der Waals surface area contributed by atoms with E-state index in [1.807, 2.05) is 0 Å². The number of alkyl halides is 2. The fourth-order valence-corrected chi connectivity index (χ4v) is 2.35. The first-order chi connectivity index (χ1) is 11.6. The van der Waals surface area contributed by atoms with Crippen molar-refractivity contribution < 1.29 is 23.0 Å².